The fourth-order valence-corrected chi connectivity index (χ4v) is 3.41. The lowest BCUT2D eigenvalue weighted by Gasteiger charge is -2.16. The van der Waals surface area contributed by atoms with E-state index in [-0.39, 0.29) is 42.8 Å². The Kier molecular flexibility index (Phi) is 6.19. The van der Waals surface area contributed by atoms with Gasteiger partial charge in [0.15, 0.2) is 0 Å². The van der Waals surface area contributed by atoms with E-state index >= 15 is 0 Å². The number of halogens is 2. The Morgan fingerprint density at radius 3 is 2.69 bits per heavy atom. The molecule has 0 fully saturated rings. The van der Waals surface area contributed by atoms with Gasteiger partial charge in [0, 0.05) is 29.7 Å². The first kappa shape index (κ1) is 21.9. The summed E-state index contributed by atoms with van der Waals surface area (Å²) in [7, 11) is -3.64. The van der Waals surface area contributed by atoms with Crippen LogP contribution in [0, 0.1) is 11.6 Å². The second-order valence-corrected chi connectivity index (χ2v) is 8.67. The second kappa shape index (κ2) is 9.05. The van der Waals surface area contributed by atoms with Gasteiger partial charge >= 0.3 is 0 Å². The third-order valence-electron chi connectivity index (χ3n) is 4.44. The Balaban J connectivity index is 1.75. The fraction of sp³-hybridized carbons (Fsp3) is 0.238. The molecule has 1 aliphatic rings. The minimum atomic E-state index is -3.64. The minimum absolute atomic E-state index is 0.169. The zero-order chi connectivity index (χ0) is 22.7. The van der Waals surface area contributed by atoms with Crippen molar-refractivity contribution in [3.05, 3.63) is 59.8 Å². The molecule has 0 unspecified atom stereocenters. The Labute approximate surface area is 183 Å². The number of hydrogen-bond donors (Lipinski definition) is 1. The third-order valence-corrected chi connectivity index (χ3v) is 4.99. The molecule has 32 heavy (non-hydrogen) atoms. The van der Waals surface area contributed by atoms with Crippen LogP contribution >= 0.6 is 0 Å². The molecule has 168 valence electrons. The summed E-state index contributed by atoms with van der Waals surface area (Å²) in [5.41, 5.74) is 1.04. The van der Waals surface area contributed by atoms with Crippen molar-refractivity contribution in [2.24, 2.45) is 0 Å². The molecule has 1 N–H and O–H groups in total. The van der Waals surface area contributed by atoms with Gasteiger partial charge in [-0.15, -0.1) is 0 Å². The number of aromatic nitrogens is 2. The monoisotopic (exact) mass is 463 g/mol. The molecule has 0 aliphatic carbocycles. The summed E-state index contributed by atoms with van der Waals surface area (Å²) in [4.78, 5) is 8.36. The van der Waals surface area contributed by atoms with Gasteiger partial charge < -0.3 is 14.8 Å². The zero-order valence-electron chi connectivity index (χ0n) is 17.0. The van der Waals surface area contributed by atoms with Gasteiger partial charge in [0.05, 0.1) is 32.3 Å². The average molecular weight is 463 g/mol. The number of nitrogens with zero attached hydrogens (tertiary/aromatic N) is 2. The normalized spacial score (nSPS) is 13.7. The molecule has 11 heteroatoms. The second-order valence-electron chi connectivity index (χ2n) is 7.03. The first-order chi connectivity index (χ1) is 15.3. The maximum absolute atomic E-state index is 14.6. The van der Waals surface area contributed by atoms with Crippen LogP contribution in [0.4, 0.5) is 20.4 Å². The number of fused-ring (bicyclic) bond motifs is 6. The predicted octanol–water partition coefficient (Wildman–Crippen LogP) is 3.80. The standard InChI is InChI=1S/C21H19F2N3O5S/c1-32(27,28)31-12-13-7-20-25-19-10-16(17(23)11-24-19)15-4-3-14(22)9-18(15)29-5-2-6-30-21(8-13)26-20/h3-4,7-11H,2,5-6,12H2,1H3,(H,24,25,26). The van der Waals surface area contributed by atoms with Gasteiger partial charge in [0.2, 0.25) is 5.88 Å². The largest absolute Gasteiger partial charge is 0.493 e. The molecule has 3 aromatic rings. The summed E-state index contributed by atoms with van der Waals surface area (Å²) in [6, 6.07) is 8.43. The number of ether oxygens (including phenoxy) is 2. The predicted molar refractivity (Wildman–Crippen MR) is 112 cm³/mol. The lowest BCUT2D eigenvalue weighted by atomic mass is 10.0. The highest BCUT2D eigenvalue weighted by Crippen LogP contribution is 2.34. The molecule has 4 bridgehead atoms. The highest BCUT2D eigenvalue weighted by atomic mass is 32.2. The minimum Gasteiger partial charge on any atom is -0.493 e. The van der Waals surface area contributed by atoms with Gasteiger partial charge in [-0.05, 0) is 29.8 Å². The number of hydrogen-bond acceptors (Lipinski definition) is 8. The van der Waals surface area contributed by atoms with E-state index in [1.807, 2.05) is 0 Å². The maximum atomic E-state index is 14.6. The molecule has 2 aromatic heterocycles. The summed E-state index contributed by atoms with van der Waals surface area (Å²) >= 11 is 0. The number of anilines is 2. The molecule has 3 heterocycles. The lowest BCUT2D eigenvalue weighted by Crippen LogP contribution is -2.09. The molecule has 0 saturated carbocycles. The third kappa shape index (κ3) is 5.48. The average Bonchev–Trinajstić information content (AvgIpc) is 2.73. The van der Waals surface area contributed by atoms with Gasteiger partial charge in [-0.1, -0.05) is 0 Å². The highest BCUT2D eigenvalue weighted by Gasteiger charge is 2.16. The van der Waals surface area contributed by atoms with Crippen LogP contribution in [0.5, 0.6) is 11.6 Å². The van der Waals surface area contributed by atoms with Crippen molar-refractivity contribution in [2.75, 3.05) is 24.8 Å². The molecule has 0 atom stereocenters. The summed E-state index contributed by atoms with van der Waals surface area (Å²) < 4.78 is 67.3. The van der Waals surface area contributed by atoms with Crippen LogP contribution in [0.1, 0.15) is 12.0 Å². The Bertz CT molecular complexity index is 1250. The van der Waals surface area contributed by atoms with Crippen molar-refractivity contribution in [1.29, 1.82) is 0 Å². The van der Waals surface area contributed by atoms with Crippen LogP contribution in [0.2, 0.25) is 0 Å². The maximum Gasteiger partial charge on any atom is 0.264 e. The summed E-state index contributed by atoms with van der Waals surface area (Å²) in [6.07, 6.45) is 2.43. The van der Waals surface area contributed by atoms with Crippen molar-refractivity contribution in [3.63, 3.8) is 0 Å². The molecule has 1 aliphatic heterocycles. The van der Waals surface area contributed by atoms with E-state index < -0.39 is 21.8 Å². The number of rotatable bonds is 3. The molecule has 1 aromatic carbocycles. The van der Waals surface area contributed by atoms with E-state index in [4.69, 9.17) is 13.7 Å². The van der Waals surface area contributed by atoms with Crippen LogP contribution in [-0.4, -0.2) is 37.9 Å². The van der Waals surface area contributed by atoms with Crippen LogP contribution in [-0.2, 0) is 20.9 Å². The van der Waals surface area contributed by atoms with Gasteiger partial charge in [-0.2, -0.15) is 13.4 Å². The fourth-order valence-electron chi connectivity index (χ4n) is 3.06. The van der Waals surface area contributed by atoms with Crippen LogP contribution in [0.3, 0.4) is 0 Å². The molecule has 0 amide bonds. The van der Waals surface area contributed by atoms with Crippen molar-refractivity contribution >= 4 is 21.8 Å². The van der Waals surface area contributed by atoms with E-state index in [0.717, 1.165) is 12.5 Å². The van der Waals surface area contributed by atoms with Crippen LogP contribution < -0.4 is 14.8 Å². The Hall–Kier alpha value is -3.31. The number of pyridine rings is 2. The molecule has 0 spiro atoms. The first-order valence-electron chi connectivity index (χ1n) is 9.60. The molecule has 0 radical (unpaired) electrons. The Morgan fingerprint density at radius 1 is 1.06 bits per heavy atom. The molecule has 0 saturated heterocycles. The van der Waals surface area contributed by atoms with Crippen molar-refractivity contribution < 1.29 is 30.9 Å². The van der Waals surface area contributed by atoms with Crippen molar-refractivity contribution in [1.82, 2.24) is 9.97 Å². The summed E-state index contributed by atoms with van der Waals surface area (Å²) in [6.45, 7) is 0.208. The van der Waals surface area contributed by atoms with Gasteiger partial charge in [-0.3, -0.25) is 4.18 Å². The zero-order valence-corrected chi connectivity index (χ0v) is 17.8. The van der Waals surface area contributed by atoms with Gasteiger partial charge in [0.1, 0.15) is 29.0 Å². The van der Waals surface area contributed by atoms with Crippen molar-refractivity contribution in [3.8, 4) is 22.8 Å². The SMILES string of the molecule is CS(=O)(=O)OCc1cc2nc(c1)OCCCOc1cc(F)ccc1-c1cc(ncc1F)N2. The Morgan fingerprint density at radius 2 is 1.88 bits per heavy atom. The van der Waals surface area contributed by atoms with Crippen LogP contribution in [0.15, 0.2) is 42.6 Å². The van der Waals surface area contributed by atoms with E-state index in [1.54, 1.807) is 12.1 Å². The molecule has 8 nitrogen and oxygen atoms in total. The van der Waals surface area contributed by atoms with E-state index in [9.17, 15) is 17.2 Å². The number of benzene rings is 1. The van der Waals surface area contributed by atoms with Crippen LogP contribution in [0.25, 0.3) is 11.1 Å². The quantitative estimate of drug-likeness (QED) is 0.586. The summed E-state index contributed by atoms with van der Waals surface area (Å²) in [5.74, 6) is -0.119. The molecular weight excluding hydrogens is 444 g/mol. The van der Waals surface area contributed by atoms with E-state index in [2.05, 4.69) is 15.3 Å². The van der Waals surface area contributed by atoms with E-state index in [1.165, 1.54) is 24.3 Å². The van der Waals surface area contributed by atoms with Gasteiger partial charge in [-0.25, -0.2) is 13.8 Å². The first-order valence-corrected chi connectivity index (χ1v) is 11.4. The highest BCUT2D eigenvalue weighted by molar-refractivity contribution is 7.85. The van der Waals surface area contributed by atoms with Crippen molar-refractivity contribution in [2.45, 2.75) is 13.0 Å². The smallest absolute Gasteiger partial charge is 0.264 e. The molecular formula is C21H19F2N3O5S. The lowest BCUT2D eigenvalue weighted by molar-refractivity contribution is 0.241. The number of nitrogens with one attached hydrogen (secondary N) is 1. The summed E-state index contributed by atoms with van der Waals surface area (Å²) in [5, 5.41) is 2.96. The topological polar surface area (TPSA) is 99.6 Å². The molecule has 4 rings (SSSR count). The van der Waals surface area contributed by atoms with E-state index in [0.29, 0.717) is 23.4 Å². The van der Waals surface area contributed by atoms with Gasteiger partial charge in [0.25, 0.3) is 10.1 Å².